The van der Waals surface area contributed by atoms with Crippen molar-refractivity contribution in [1.82, 2.24) is 9.55 Å². The predicted octanol–water partition coefficient (Wildman–Crippen LogP) is 3.57. The first-order chi connectivity index (χ1) is 7.13. The molecule has 2 aromatic rings. The van der Waals surface area contributed by atoms with Crippen LogP contribution >= 0.6 is 36.4 Å². The summed E-state index contributed by atoms with van der Waals surface area (Å²) < 4.78 is 2.13. The summed E-state index contributed by atoms with van der Waals surface area (Å²) in [5, 5.41) is 0.730. The first-order valence-corrected chi connectivity index (χ1v) is 5.37. The second kappa shape index (κ2) is 6.45. The third-order valence-corrected chi connectivity index (χ3v) is 2.66. The molecule has 0 spiro atoms. The number of imidazole rings is 1. The fourth-order valence-corrected chi connectivity index (χ4v) is 2.00. The lowest BCUT2D eigenvalue weighted by Gasteiger charge is -2.11. The third-order valence-electron chi connectivity index (χ3n) is 2.42. The molecule has 0 saturated carbocycles. The third kappa shape index (κ3) is 3.05. The van der Waals surface area contributed by atoms with Gasteiger partial charge in [0.15, 0.2) is 0 Å². The standard InChI is InChI=1S/C11H14ClN3.2ClH/c1-7(2)15-10-5-8(12)3-4-9(10)14-11(15)6-13;;/h3-5,7H,6,13H2,1-2H3;2*1H. The van der Waals surface area contributed by atoms with E-state index in [2.05, 4.69) is 23.4 Å². The van der Waals surface area contributed by atoms with Crippen LogP contribution in [0.15, 0.2) is 18.2 Å². The molecule has 0 radical (unpaired) electrons. The second-order valence-corrected chi connectivity index (χ2v) is 4.27. The van der Waals surface area contributed by atoms with E-state index in [1.54, 1.807) is 0 Å². The zero-order chi connectivity index (χ0) is 11.0. The lowest BCUT2D eigenvalue weighted by molar-refractivity contribution is 0.585. The van der Waals surface area contributed by atoms with Crippen molar-refractivity contribution in [1.29, 1.82) is 0 Å². The van der Waals surface area contributed by atoms with E-state index in [1.807, 2.05) is 18.2 Å². The van der Waals surface area contributed by atoms with Gasteiger partial charge in [-0.2, -0.15) is 0 Å². The average molecular weight is 297 g/mol. The van der Waals surface area contributed by atoms with Crippen molar-refractivity contribution in [2.45, 2.75) is 26.4 Å². The minimum atomic E-state index is 0. The normalized spacial score (nSPS) is 10.2. The SMILES string of the molecule is CC(C)n1c(CN)nc2ccc(Cl)cc21.Cl.Cl. The number of nitrogens with zero attached hydrogens (tertiary/aromatic N) is 2. The van der Waals surface area contributed by atoms with E-state index in [4.69, 9.17) is 17.3 Å². The Morgan fingerprint density at radius 3 is 2.53 bits per heavy atom. The fourth-order valence-electron chi connectivity index (χ4n) is 1.84. The van der Waals surface area contributed by atoms with Crippen LogP contribution in [0.1, 0.15) is 25.7 Å². The zero-order valence-electron chi connectivity index (χ0n) is 9.68. The Morgan fingerprint density at radius 1 is 1.35 bits per heavy atom. The van der Waals surface area contributed by atoms with Crippen LogP contribution in [-0.2, 0) is 6.54 Å². The average Bonchev–Trinajstić information content (AvgIpc) is 2.55. The summed E-state index contributed by atoms with van der Waals surface area (Å²) in [6.07, 6.45) is 0. The number of benzene rings is 1. The van der Waals surface area contributed by atoms with Crippen LogP contribution in [0.2, 0.25) is 5.02 Å². The monoisotopic (exact) mass is 295 g/mol. The highest BCUT2D eigenvalue weighted by molar-refractivity contribution is 6.31. The van der Waals surface area contributed by atoms with E-state index >= 15 is 0 Å². The minimum Gasteiger partial charge on any atom is -0.324 e. The second-order valence-electron chi connectivity index (χ2n) is 3.83. The molecule has 1 heterocycles. The first-order valence-electron chi connectivity index (χ1n) is 5.00. The molecule has 2 N–H and O–H groups in total. The number of nitrogens with two attached hydrogens (primary N) is 1. The summed E-state index contributed by atoms with van der Waals surface area (Å²) >= 11 is 5.98. The molecule has 0 aliphatic rings. The van der Waals surface area contributed by atoms with Gasteiger partial charge in [0.1, 0.15) is 5.82 Å². The summed E-state index contributed by atoms with van der Waals surface area (Å²) in [6, 6.07) is 6.05. The minimum absolute atomic E-state index is 0. The molecule has 0 aliphatic carbocycles. The molecule has 96 valence electrons. The van der Waals surface area contributed by atoms with Crippen molar-refractivity contribution in [3.63, 3.8) is 0 Å². The fraction of sp³-hybridized carbons (Fsp3) is 0.364. The van der Waals surface area contributed by atoms with Crippen molar-refractivity contribution in [2.24, 2.45) is 5.73 Å². The predicted molar refractivity (Wildman–Crippen MR) is 77.5 cm³/mol. The summed E-state index contributed by atoms with van der Waals surface area (Å²) in [5.41, 5.74) is 7.68. The molecule has 0 aliphatic heterocycles. The Hall–Kier alpha value is -0.480. The van der Waals surface area contributed by atoms with Gasteiger partial charge in [-0.1, -0.05) is 11.6 Å². The van der Waals surface area contributed by atoms with Gasteiger partial charge in [-0.25, -0.2) is 4.98 Å². The highest BCUT2D eigenvalue weighted by atomic mass is 35.5. The Labute approximate surface area is 118 Å². The molecule has 0 saturated heterocycles. The highest BCUT2D eigenvalue weighted by Gasteiger charge is 2.11. The van der Waals surface area contributed by atoms with E-state index in [0.29, 0.717) is 12.6 Å². The molecular formula is C11H16Cl3N3. The number of halogens is 3. The van der Waals surface area contributed by atoms with Gasteiger partial charge < -0.3 is 10.3 Å². The van der Waals surface area contributed by atoms with E-state index in [1.165, 1.54) is 0 Å². The van der Waals surface area contributed by atoms with Crippen LogP contribution in [0.5, 0.6) is 0 Å². The zero-order valence-corrected chi connectivity index (χ0v) is 12.1. The van der Waals surface area contributed by atoms with Crippen LogP contribution in [-0.4, -0.2) is 9.55 Å². The Balaban J connectivity index is 0.00000128. The summed E-state index contributed by atoms with van der Waals surface area (Å²) in [7, 11) is 0. The van der Waals surface area contributed by atoms with Crippen LogP contribution in [0.4, 0.5) is 0 Å². The topological polar surface area (TPSA) is 43.8 Å². The molecule has 3 nitrogen and oxygen atoms in total. The maximum atomic E-state index is 5.98. The lowest BCUT2D eigenvalue weighted by atomic mass is 10.3. The highest BCUT2D eigenvalue weighted by Crippen LogP contribution is 2.23. The van der Waals surface area contributed by atoms with Crippen molar-refractivity contribution in [2.75, 3.05) is 0 Å². The van der Waals surface area contributed by atoms with Gasteiger partial charge in [-0.05, 0) is 32.0 Å². The maximum Gasteiger partial charge on any atom is 0.123 e. The van der Waals surface area contributed by atoms with E-state index < -0.39 is 0 Å². The van der Waals surface area contributed by atoms with Crippen LogP contribution in [0.25, 0.3) is 11.0 Å². The van der Waals surface area contributed by atoms with Crippen LogP contribution < -0.4 is 5.73 Å². The van der Waals surface area contributed by atoms with E-state index in [-0.39, 0.29) is 24.8 Å². The van der Waals surface area contributed by atoms with Crippen LogP contribution in [0, 0.1) is 0 Å². The number of fused-ring (bicyclic) bond motifs is 1. The number of hydrogen-bond donors (Lipinski definition) is 1. The number of rotatable bonds is 2. The summed E-state index contributed by atoms with van der Waals surface area (Å²) in [6.45, 7) is 4.67. The van der Waals surface area contributed by atoms with E-state index in [9.17, 15) is 0 Å². The molecule has 0 unspecified atom stereocenters. The number of aromatic nitrogens is 2. The van der Waals surface area contributed by atoms with Crippen LogP contribution in [0.3, 0.4) is 0 Å². The van der Waals surface area contributed by atoms with Crippen molar-refractivity contribution < 1.29 is 0 Å². The first kappa shape index (κ1) is 16.5. The molecule has 1 aromatic heterocycles. The summed E-state index contributed by atoms with van der Waals surface area (Å²) in [4.78, 5) is 4.47. The van der Waals surface area contributed by atoms with Gasteiger partial charge in [-0.15, -0.1) is 24.8 Å². The smallest absolute Gasteiger partial charge is 0.123 e. The molecule has 17 heavy (non-hydrogen) atoms. The quantitative estimate of drug-likeness (QED) is 0.920. The Morgan fingerprint density at radius 2 is 2.00 bits per heavy atom. The van der Waals surface area contributed by atoms with Gasteiger partial charge in [0, 0.05) is 11.1 Å². The largest absolute Gasteiger partial charge is 0.324 e. The molecular weight excluding hydrogens is 281 g/mol. The Bertz CT molecular complexity index is 494. The Kier molecular flexibility index (Phi) is 6.27. The van der Waals surface area contributed by atoms with Gasteiger partial charge in [0.2, 0.25) is 0 Å². The maximum absolute atomic E-state index is 5.98. The molecule has 0 amide bonds. The van der Waals surface area contributed by atoms with Crippen molar-refractivity contribution >= 4 is 47.4 Å². The van der Waals surface area contributed by atoms with Crippen molar-refractivity contribution in [3.8, 4) is 0 Å². The van der Waals surface area contributed by atoms with Gasteiger partial charge in [0.05, 0.1) is 17.6 Å². The molecule has 0 bridgehead atoms. The molecule has 6 heteroatoms. The van der Waals surface area contributed by atoms with Gasteiger partial charge in [0.25, 0.3) is 0 Å². The van der Waals surface area contributed by atoms with Crippen molar-refractivity contribution in [3.05, 3.63) is 29.0 Å². The summed E-state index contributed by atoms with van der Waals surface area (Å²) in [5.74, 6) is 0.905. The van der Waals surface area contributed by atoms with Gasteiger partial charge >= 0.3 is 0 Å². The lowest BCUT2D eigenvalue weighted by Crippen LogP contribution is -2.10. The van der Waals surface area contributed by atoms with E-state index in [0.717, 1.165) is 21.9 Å². The molecule has 0 fully saturated rings. The molecule has 0 atom stereocenters. The molecule has 1 aromatic carbocycles. The van der Waals surface area contributed by atoms with Gasteiger partial charge in [-0.3, -0.25) is 0 Å². The number of hydrogen-bond acceptors (Lipinski definition) is 2. The molecule has 2 rings (SSSR count).